The molecule has 0 saturated heterocycles. The molecule has 0 saturated carbocycles. The van der Waals surface area contributed by atoms with Crippen molar-refractivity contribution in [1.29, 1.82) is 0 Å². The monoisotopic (exact) mass is 342 g/mol. The first-order chi connectivity index (χ1) is 8.58. The van der Waals surface area contributed by atoms with Crippen LogP contribution in [0.15, 0.2) is 44.0 Å². The van der Waals surface area contributed by atoms with E-state index in [9.17, 15) is 4.79 Å². The minimum absolute atomic E-state index is 0.175. The van der Waals surface area contributed by atoms with Crippen molar-refractivity contribution in [3.05, 3.63) is 55.1 Å². The Morgan fingerprint density at radius 2 is 1.78 bits per heavy atom. The number of hydrogen-bond donors (Lipinski definition) is 0. The molecular formula is C13H5BrCl2O2. The van der Waals surface area contributed by atoms with Crippen LogP contribution in [0.5, 0.6) is 0 Å². The lowest BCUT2D eigenvalue weighted by Gasteiger charge is -2.04. The molecule has 1 heterocycles. The summed E-state index contributed by atoms with van der Waals surface area (Å²) in [7, 11) is 0. The van der Waals surface area contributed by atoms with E-state index in [1.165, 1.54) is 0 Å². The van der Waals surface area contributed by atoms with Crippen LogP contribution in [0.3, 0.4) is 0 Å². The molecule has 0 aliphatic carbocycles. The first kappa shape index (κ1) is 12.0. The van der Waals surface area contributed by atoms with Crippen molar-refractivity contribution >= 4 is 61.1 Å². The number of halogens is 3. The van der Waals surface area contributed by atoms with Crippen LogP contribution in [-0.2, 0) is 0 Å². The smallest absolute Gasteiger partial charge is 0.202 e. The van der Waals surface area contributed by atoms with E-state index < -0.39 is 0 Å². The molecule has 5 heteroatoms. The van der Waals surface area contributed by atoms with Gasteiger partial charge in [-0.15, -0.1) is 0 Å². The van der Waals surface area contributed by atoms with Crippen molar-refractivity contribution < 1.29 is 4.42 Å². The van der Waals surface area contributed by atoms with Crippen molar-refractivity contribution in [3.8, 4) is 0 Å². The summed E-state index contributed by atoms with van der Waals surface area (Å²) in [6.45, 7) is 0. The van der Waals surface area contributed by atoms with E-state index in [0.717, 1.165) is 4.47 Å². The minimum atomic E-state index is -0.175. The van der Waals surface area contributed by atoms with Gasteiger partial charge in [0.1, 0.15) is 5.58 Å². The summed E-state index contributed by atoms with van der Waals surface area (Å²) in [4.78, 5) is 12.4. The van der Waals surface area contributed by atoms with Crippen LogP contribution in [0, 0.1) is 0 Å². The minimum Gasteiger partial charge on any atom is -0.454 e. The van der Waals surface area contributed by atoms with Crippen LogP contribution in [-0.4, -0.2) is 0 Å². The summed E-state index contributed by atoms with van der Waals surface area (Å²) in [6.07, 6.45) is 0. The third-order valence-electron chi connectivity index (χ3n) is 2.69. The highest BCUT2D eigenvalue weighted by molar-refractivity contribution is 9.10. The van der Waals surface area contributed by atoms with Crippen LogP contribution in [0.25, 0.3) is 21.9 Å². The van der Waals surface area contributed by atoms with Crippen molar-refractivity contribution in [2.75, 3.05) is 0 Å². The molecule has 3 rings (SSSR count). The van der Waals surface area contributed by atoms with Gasteiger partial charge in [0, 0.05) is 4.47 Å². The molecular weight excluding hydrogens is 339 g/mol. The number of benzene rings is 2. The van der Waals surface area contributed by atoms with Crippen molar-refractivity contribution in [2.45, 2.75) is 0 Å². The summed E-state index contributed by atoms with van der Waals surface area (Å²) in [5, 5.41) is 1.51. The van der Waals surface area contributed by atoms with Gasteiger partial charge in [0.15, 0.2) is 5.58 Å². The van der Waals surface area contributed by atoms with Crippen molar-refractivity contribution in [3.63, 3.8) is 0 Å². The normalized spacial score (nSPS) is 11.3. The zero-order chi connectivity index (χ0) is 12.9. The highest BCUT2D eigenvalue weighted by atomic mass is 79.9. The fourth-order valence-corrected chi connectivity index (χ4v) is 2.63. The average molecular weight is 344 g/mol. The summed E-state index contributed by atoms with van der Waals surface area (Å²) >= 11 is 15.4. The highest BCUT2D eigenvalue weighted by Crippen LogP contribution is 2.30. The molecule has 2 aromatic carbocycles. The first-order valence-electron chi connectivity index (χ1n) is 5.08. The third kappa shape index (κ3) is 1.74. The molecule has 0 amide bonds. The Kier molecular flexibility index (Phi) is 2.85. The molecule has 0 fully saturated rings. The highest BCUT2D eigenvalue weighted by Gasteiger charge is 2.13. The van der Waals surface area contributed by atoms with Gasteiger partial charge in [-0.3, -0.25) is 4.79 Å². The summed E-state index contributed by atoms with van der Waals surface area (Å²) in [5.41, 5.74) is 0.622. The fraction of sp³-hybridized carbons (Fsp3) is 0. The van der Waals surface area contributed by atoms with Gasteiger partial charge < -0.3 is 4.42 Å². The number of fused-ring (bicyclic) bond motifs is 2. The van der Waals surface area contributed by atoms with Crippen LogP contribution in [0.4, 0.5) is 0 Å². The predicted octanol–water partition coefficient (Wildman–Crippen LogP) is 5.02. The Morgan fingerprint density at radius 3 is 2.56 bits per heavy atom. The Hall–Kier alpha value is -1.03. The summed E-state index contributed by atoms with van der Waals surface area (Å²) in [6, 6.07) is 8.41. The lowest BCUT2D eigenvalue weighted by Crippen LogP contribution is -2.02. The van der Waals surface area contributed by atoms with Crippen molar-refractivity contribution in [1.82, 2.24) is 0 Å². The Bertz CT molecular complexity index is 840. The molecule has 0 bridgehead atoms. The van der Waals surface area contributed by atoms with E-state index in [4.69, 9.17) is 27.6 Å². The van der Waals surface area contributed by atoms with Gasteiger partial charge in [0.05, 0.1) is 20.8 Å². The quantitative estimate of drug-likeness (QED) is 0.537. The molecule has 0 N–H and O–H groups in total. The van der Waals surface area contributed by atoms with Crippen LogP contribution < -0.4 is 5.43 Å². The molecule has 90 valence electrons. The van der Waals surface area contributed by atoms with E-state index in [2.05, 4.69) is 15.9 Å². The largest absolute Gasteiger partial charge is 0.454 e. The van der Waals surface area contributed by atoms with Gasteiger partial charge in [-0.25, -0.2) is 0 Å². The number of hydrogen-bond acceptors (Lipinski definition) is 2. The second-order valence-electron chi connectivity index (χ2n) is 3.81. The van der Waals surface area contributed by atoms with Gasteiger partial charge in [-0.2, -0.15) is 0 Å². The predicted molar refractivity (Wildman–Crippen MR) is 77.7 cm³/mol. The molecule has 0 atom stereocenters. The van der Waals surface area contributed by atoms with E-state index >= 15 is 0 Å². The summed E-state index contributed by atoms with van der Waals surface area (Å²) < 4.78 is 6.50. The lowest BCUT2D eigenvalue weighted by atomic mass is 10.1. The molecule has 0 radical (unpaired) electrons. The molecule has 18 heavy (non-hydrogen) atoms. The van der Waals surface area contributed by atoms with E-state index in [0.29, 0.717) is 32.0 Å². The van der Waals surface area contributed by atoms with Gasteiger partial charge >= 0.3 is 0 Å². The topological polar surface area (TPSA) is 30.2 Å². The van der Waals surface area contributed by atoms with E-state index in [1.807, 2.05) is 0 Å². The summed E-state index contributed by atoms with van der Waals surface area (Å²) in [5.74, 6) is 0. The standard InChI is InChI=1S/C13H5BrCl2O2/c14-6-1-2-7-10(5-6)18-13-9(16)4-3-8(15)11(13)12(7)17/h1-5H. The third-order valence-corrected chi connectivity index (χ3v) is 3.79. The Morgan fingerprint density at radius 1 is 1.06 bits per heavy atom. The first-order valence-corrected chi connectivity index (χ1v) is 6.63. The van der Waals surface area contributed by atoms with Gasteiger partial charge in [0.25, 0.3) is 0 Å². The lowest BCUT2D eigenvalue weighted by molar-refractivity contribution is 0.660. The van der Waals surface area contributed by atoms with E-state index in [-0.39, 0.29) is 5.43 Å². The van der Waals surface area contributed by atoms with Crippen LogP contribution in [0.1, 0.15) is 0 Å². The molecule has 3 aromatic rings. The van der Waals surface area contributed by atoms with Gasteiger partial charge in [-0.05, 0) is 30.3 Å². The zero-order valence-electron chi connectivity index (χ0n) is 8.84. The average Bonchev–Trinajstić information content (AvgIpc) is 2.33. The van der Waals surface area contributed by atoms with Gasteiger partial charge in [-0.1, -0.05) is 39.1 Å². The second kappa shape index (κ2) is 4.26. The molecule has 0 unspecified atom stereocenters. The fourth-order valence-electron chi connectivity index (χ4n) is 1.86. The molecule has 1 aromatic heterocycles. The second-order valence-corrected chi connectivity index (χ2v) is 5.54. The van der Waals surface area contributed by atoms with Crippen molar-refractivity contribution in [2.24, 2.45) is 0 Å². The van der Waals surface area contributed by atoms with Gasteiger partial charge in [0.2, 0.25) is 5.43 Å². The molecule has 0 spiro atoms. The maximum atomic E-state index is 12.4. The van der Waals surface area contributed by atoms with Crippen LogP contribution in [0.2, 0.25) is 10.0 Å². The maximum absolute atomic E-state index is 12.4. The van der Waals surface area contributed by atoms with Crippen LogP contribution >= 0.6 is 39.1 Å². The number of rotatable bonds is 0. The van der Waals surface area contributed by atoms with E-state index in [1.54, 1.807) is 30.3 Å². The zero-order valence-corrected chi connectivity index (χ0v) is 11.9. The molecule has 0 aliphatic heterocycles. The SMILES string of the molecule is O=c1c2ccc(Br)cc2oc2c(Cl)ccc(Cl)c12. The Labute approximate surface area is 120 Å². The molecule has 2 nitrogen and oxygen atoms in total. The Balaban J connectivity index is 2.65. The maximum Gasteiger partial charge on any atom is 0.202 e. The molecule has 0 aliphatic rings.